The van der Waals surface area contributed by atoms with E-state index in [1.54, 1.807) is 31.1 Å². The minimum Gasteiger partial charge on any atom is -0.384 e. The predicted octanol–water partition coefficient (Wildman–Crippen LogP) is 3.65. The van der Waals surface area contributed by atoms with E-state index in [2.05, 4.69) is 15.1 Å². The number of rotatable bonds is 8. The Morgan fingerprint density at radius 2 is 1.81 bits per heavy atom. The smallest absolute Gasteiger partial charge is 0.292 e. The van der Waals surface area contributed by atoms with E-state index in [0.717, 1.165) is 56.9 Å². The maximum atomic E-state index is 12.4. The highest BCUT2D eigenvalue weighted by molar-refractivity contribution is 5.99. The van der Waals surface area contributed by atoms with Gasteiger partial charge in [-0.2, -0.15) is 0 Å². The SMILES string of the molecule is Cc1ccc(NCCCN2CCN(c3ccccc3[N+](=O)[O-])CC2)c(C(=O)N(C)C)c1.Cl. The molecule has 1 amide bonds. The zero-order valence-corrected chi connectivity index (χ0v) is 19.7. The lowest BCUT2D eigenvalue weighted by Crippen LogP contribution is -2.47. The zero-order valence-electron chi connectivity index (χ0n) is 18.9. The van der Waals surface area contributed by atoms with Crippen LogP contribution in [0.15, 0.2) is 42.5 Å². The van der Waals surface area contributed by atoms with Crippen LogP contribution in [0.5, 0.6) is 0 Å². The van der Waals surface area contributed by atoms with Gasteiger partial charge in [-0.05, 0) is 38.1 Å². The molecule has 2 aromatic carbocycles. The van der Waals surface area contributed by atoms with E-state index in [1.165, 1.54) is 0 Å². The molecule has 1 fully saturated rings. The van der Waals surface area contributed by atoms with Gasteiger partial charge in [-0.15, -0.1) is 12.4 Å². The van der Waals surface area contributed by atoms with Gasteiger partial charge in [0.25, 0.3) is 11.6 Å². The number of nitrogens with zero attached hydrogens (tertiary/aromatic N) is 4. The molecular formula is C23H32ClN5O3. The van der Waals surface area contributed by atoms with Crippen LogP contribution < -0.4 is 10.2 Å². The molecule has 0 unspecified atom stereocenters. The van der Waals surface area contributed by atoms with Crippen LogP contribution in [0, 0.1) is 17.0 Å². The van der Waals surface area contributed by atoms with E-state index in [4.69, 9.17) is 0 Å². The summed E-state index contributed by atoms with van der Waals surface area (Å²) in [5, 5.41) is 14.7. The molecule has 0 aliphatic carbocycles. The van der Waals surface area contributed by atoms with E-state index < -0.39 is 0 Å². The highest BCUT2D eigenvalue weighted by Gasteiger charge is 2.23. The first kappa shape index (κ1) is 25.4. The first-order chi connectivity index (χ1) is 14.9. The number of nitrogens with one attached hydrogen (secondary N) is 1. The number of nitro benzene ring substituents is 1. The number of amides is 1. The Bertz CT molecular complexity index is 930. The van der Waals surface area contributed by atoms with Crippen molar-refractivity contribution in [3.63, 3.8) is 0 Å². The number of anilines is 2. The highest BCUT2D eigenvalue weighted by Crippen LogP contribution is 2.28. The number of piperazine rings is 1. The molecule has 32 heavy (non-hydrogen) atoms. The number of hydrogen-bond acceptors (Lipinski definition) is 6. The Balaban J connectivity index is 0.00000363. The maximum absolute atomic E-state index is 12.4. The molecule has 0 atom stereocenters. The number of carbonyl (C=O) groups is 1. The Morgan fingerprint density at radius 1 is 1.12 bits per heavy atom. The van der Waals surface area contributed by atoms with Crippen molar-refractivity contribution in [3.8, 4) is 0 Å². The van der Waals surface area contributed by atoms with Crippen molar-refractivity contribution >= 4 is 35.4 Å². The predicted molar refractivity (Wildman–Crippen MR) is 131 cm³/mol. The van der Waals surface area contributed by atoms with Crippen LogP contribution in [0.25, 0.3) is 0 Å². The van der Waals surface area contributed by atoms with Crippen LogP contribution >= 0.6 is 12.4 Å². The normalized spacial score (nSPS) is 13.9. The average Bonchev–Trinajstić information content (AvgIpc) is 2.77. The van der Waals surface area contributed by atoms with E-state index in [9.17, 15) is 14.9 Å². The Morgan fingerprint density at radius 3 is 2.47 bits per heavy atom. The van der Waals surface area contributed by atoms with Crippen LogP contribution in [0.1, 0.15) is 22.3 Å². The summed E-state index contributed by atoms with van der Waals surface area (Å²) in [6.07, 6.45) is 0.953. The number of benzene rings is 2. The van der Waals surface area contributed by atoms with Crippen LogP contribution in [0.2, 0.25) is 0 Å². The van der Waals surface area contributed by atoms with Gasteiger partial charge in [-0.3, -0.25) is 19.8 Å². The monoisotopic (exact) mass is 461 g/mol. The summed E-state index contributed by atoms with van der Waals surface area (Å²) in [6, 6.07) is 12.8. The van der Waals surface area contributed by atoms with Gasteiger partial charge in [0.2, 0.25) is 0 Å². The lowest BCUT2D eigenvalue weighted by molar-refractivity contribution is -0.384. The lowest BCUT2D eigenvalue weighted by Gasteiger charge is -2.35. The van der Waals surface area contributed by atoms with Crippen LogP contribution in [-0.4, -0.2) is 74.0 Å². The average molecular weight is 462 g/mol. The largest absolute Gasteiger partial charge is 0.384 e. The molecular weight excluding hydrogens is 430 g/mol. The minimum absolute atomic E-state index is 0. The van der Waals surface area contributed by atoms with Crippen molar-refractivity contribution < 1.29 is 9.72 Å². The molecule has 1 N–H and O–H groups in total. The molecule has 1 heterocycles. The number of aryl methyl sites for hydroxylation is 1. The molecule has 9 heteroatoms. The fraction of sp³-hybridized carbons (Fsp3) is 0.435. The molecule has 8 nitrogen and oxygen atoms in total. The van der Waals surface area contributed by atoms with E-state index in [-0.39, 0.29) is 28.9 Å². The molecule has 1 aliphatic heterocycles. The number of carbonyl (C=O) groups excluding carboxylic acids is 1. The maximum Gasteiger partial charge on any atom is 0.292 e. The third kappa shape index (κ3) is 6.34. The van der Waals surface area contributed by atoms with Crippen molar-refractivity contribution in [1.29, 1.82) is 0 Å². The molecule has 0 saturated carbocycles. The van der Waals surface area contributed by atoms with Gasteiger partial charge in [0, 0.05) is 58.6 Å². The second kappa shape index (κ2) is 11.7. The van der Waals surface area contributed by atoms with Gasteiger partial charge >= 0.3 is 0 Å². The van der Waals surface area contributed by atoms with Crippen molar-refractivity contribution in [1.82, 2.24) is 9.80 Å². The zero-order chi connectivity index (χ0) is 22.4. The van der Waals surface area contributed by atoms with E-state index >= 15 is 0 Å². The molecule has 3 rings (SSSR count). The van der Waals surface area contributed by atoms with Crippen molar-refractivity contribution in [2.45, 2.75) is 13.3 Å². The summed E-state index contributed by atoms with van der Waals surface area (Å²) in [5.41, 5.74) is 3.49. The quantitative estimate of drug-likeness (QED) is 0.367. The van der Waals surface area contributed by atoms with Crippen LogP contribution in [-0.2, 0) is 0 Å². The third-order valence-corrected chi connectivity index (χ3v) is 5.57. The summed E-state index contributed by atoms with van der Waals surface area (Å²) in [6.45, 7) is 7.01. The van der Waals surface area contributed by atoms with Gasteiger partial charge in [0.05, 0.1) is 10.5 Å². The number of para-hydroxylation sites is 2. The Labute approximate surface area is 195 Å². The molecule has 0 bridgehead atoms. The van der Waals surface area contributed by atoms with Crippen molar-refractivity contribution in [2.75, 3.05) is 63.6 Å². The fourth-order valence-electron chi connectivity index (χ4n) is 3.85. The summed E-state index contributed by atoms with van der Waals surface area (Å²) < 4.78 is 0. The third-order valence-electron chi connectivity index (χ3n) is 5.57. The molecule has 0 spiro atoms. The molecule has 2 aromatic rings. The van der Waals surface area contributed by atoms with E-state index in [0.29, 0.717) is 11.3 Å². The van der Waals surface area contributed by atoms with Crippen LogP contribution in [0.3, 0.4) is 0 Å². The minimum atomic E-state index is -0.312. The van der Waals surface area contributed by atoms with E-state index in [1.807, 2.05) is 37.3 Å². The summed E-state index contributed by atoms with van der Waals surface area (Å²) in [7, 11) is 3.52. The first-order valence-corrected chi connectivity index (χ1v) is 10.6. The van der Waals surface area contributed by atoms with Gasteiger partial charge in [0.15, 0.2) is 0 Å². The molecule has 174 valence electrons. The van der Waals surface area contributed by atoms with Gasteiger partial charge < -0.3 is 15.1 Å². The van der Waals surface area contributed by atoms with Crippen molar-refractivity contribution in [2.24, 2.45) is 0 Å². The lowest BCUT2D eigenvalue weighted by atomic mass is 10.1. The second-order valence-corrected chi connectivity index (χ2v) is 8.10. The molecule has 0 radical (unpaired) electrons. The number of hydrogen-bond donors (Lipinski definition) is 1. The second-order valence-electron chi connectivity index (χ2n) is 8.10. The topological polar surface area (TPSA) is 82.0 Å². The number of halogens is 1. The first-order valence-electron chi connectivity index (χ1n) is 10.6. The molecule has 1 aliphatic rings. The molecule has 1 saturated heterocycles. The standard InChI is InChI=1S/C23H31N5O3.ClH/c1-18-9-10-20(19(17-18)23(29)25(2)3)24-11-6-12-26-13-15-27(16-14-26)21-7-4-5-8-22(21)28(30)31;/h4-5,7-10,17,24H,6,11-16H2,1-3H3;1H. The summed E-state index contributed by atoms with van der Waals surface area (Å²) >= 11 is 0. The molecule has 0 aromatic heterocycles. The Hall–Kier alpha value is -2.84. The fourth-order valence-corrected chi connectivity index (χ4v) is 3.85. The summed E-state index contributed by atoms with van der Waals surface area (Å²) in [4.78, 5) is 29.5. The Kier molecular flexibility index (Phi) is 9.28. The van der Waals surface area contributed by atoms with Gasteiger partial charge in [0.1, 0.15) is 5.69 Å². The number of nitro groups is 1. The summed E-state index contributed by atoms with van der Waals surface area (Å²) in [5.74, 6) is -0.00247. The highest BCUT2D eigenvalue weighted by atomic mass is 35.5. The van der Waals surface area contributed by atoms with Gasteiger partial charge in [-0.1, -0.05) is 23.8 Å². The van der Waals surface area contributed by atoms with Crippen molar-refractivity contribution in [3.05, 3.63) is 63.7 Å². The van der Waals surface area contributed by atoms with Gasteiger partial charge in [-0.25, -0.2) is 0 Å². The van der Waals surface area contributed by atoms with Crippen LogP contribution in [0.4, 0.5) is 17.1 Å².